The van der Waals surface area contributed by atoms with E-state index >= 15 is 0 Å². The Hall–Kier alpha value is -2.82. The van der Waals surface area contributed by atoms with Crippen molar-refractivity contribution in [1.29, 1.82) is 0 Å². The van der Waals surface area contributed by atoms with Gasteiger partial charge in [0.2, 0.25) is 5.91 Å². The summed E-state index contributed by atoms with van der Waals surface area (Å²) in [6.45, 7) is 7.27. The standard InChI is InChI=1S/C23H29N3O2/c1-16(2)18-9-11-20(12-10-18)25-22-8-5-13-26(15-22)23(28)19-6-4-7-21(14-19)24-17(3)27/h4,6-7,9-12,14,16,22,25H,5,8,13,15H2,1-3H3,(H,24,27)/t22-/m1/s1. The van der Waals surface area contributed by atoms with Gasteiger partial charge in [-0.2, -0.15) is 0 Å². The number of hydrogen-bond acceptors (Lipinski definition) is 3. The number of hydrogen-bond donors (Lipinski definition) is 2. The number of nitrogens with one attached hydrogen (secondary N) is 2. The van der Waals surface area contributed by atoms with Crippen LogP contribution >= 0.6 is 0 Å². The van der Waals surface area contributed by atoms with Crippen molar-refractivity contribution < 1.29 is 9.59 Å². The van der Waals surface area contributed by atoms with E-state index in [1.165, 1.54) is 12.5 Å². The average molecular weight is 380 g/mol. The van der Waals surface area contributed by atoms with E-state index in [2.05, 4.69) is 48.7 Å². The number of likely N-dealkylation sites (tertiary alicyclic amines) is 1. The summed E-state index contributed by atoms with van der Waals surface area (Å²) in [5.74, 6) is 0.384. The molecule has 148 valence electrons. The lowest BCUT2D eigenvalue weighted by atomic mass is 10.0. The van der Waals surface area contributed by atoms with Crippen LogP contribution in [0.2, 0.25) is 0 Å². The fourth-order valence-corrected chi connectivity index (χ4v) is 3.60. The maximum atomic E-state index is 12.9. The van der Waals surface area contributed by atoms with Crippen LogP contribution in [0.25, 0.3) is 0 Å². The summed E-state index contributed by atoms with van der Waals surface area (Å²) in [5.41, 5.74) is 3.67. The Bertz CT molecular complexity index is 830. The average Bonchev–Trinajstić information content (AvgIpc) is 2.68. The van der Waals surface area contributed by atoms with Crippen LogP contribution in [0, 0.1) is 0 Å². The Labute approximate surface area is 167 Å². The van der Waals surface area contributed by atoms with Gasteiger partial charge in [-0.1, -0.05) is 32.0 Å². The molecule has 1 saturated heterocycles. The Morgan fingerprint density at radius 3 is 2.50 bits per heavy atom. The molecule has 2 amide bonds. The first kappa shape index (κ1) is 19.9. The monoisotopic (exact) mass is 379 g/mol. The number of amides is 2. The van der Waals surface area contributed by atoms with Crippen molar-refractivity contribution in [2.75, 3.05) is 23.7 Å². The molecule has 1 atom stereocenters. The lowest BCUT2D eigenvalue weighted by molar-refractivity contribution is -0.114. The fourth-order valence-electron chi connectivity index (χ4n) is 3.60. The molecule has 5 nitrogen and oxygen atoms in total. The third kappa shape index (κ3) is 5.12. The third-order valence-corrected chi connectivity index (χ3v) is 5.09. The number of carbonyl (C=O) groups is 2. The van der Waals surface area contributed by atoms with Crippen molar-refractivity contribution in [3.8, 4) is 0 Å². The first-order valence-corrected chi connectivity index (χ1v) is 9.96. The van der Waals surface area contributed by atoms with Crippen LogP contribution in [0.1, 0.15) is 55.5 Å². The zero-order valence-corrected chi connectivity index (χ0v) is 16.9. The highest BCUT2D eigenvalue weighted by atomic mass is 16.2. The van der Waals surface area contributed by atoms with Gasteiger partial charge in [0, 0.05) is 43.0 Å². The summed E-state index contributed by atoms with van der Waals surface area (Å²) < 4.78 is 0. The summed E-state index contributed by atoms with van der Waals surface area (Å²) in [7, 11) is 0. The van der Waals surface area contributed by atoms with Crippen LogP contribution in [0.15, 0.2) is 48.5 Å². The van der Waals surface area contributed by atoms with E-state index < -0.39 is 0 Å². The fraction of sp³-hybridized carbons (Fsp3) is 0.391. The first-order chi connectivity index (χ1) is 13.4. The number of piperidine rings is 1. The molecule has 0 aliphatic carbocycles. The minimum atomic E-state index is -0.143. The van der Waals surface area contributed by atoms with Gasteiger partial charge < -0.3 is 15.5 Å². The van der Waals surface area contributed by atoms with Gasteiger partial charge in [0.25, 0.3) is 5.91 Å². The van der Waals surface area contributed by atoms with Gasteiger partial charge in [0.05, 0.1) is 0 Å². The maximum Gasteiger partial charge on any atom is 0.253 e. The second-order valence-electron chi connectivity index (χ2n) is 7.77. The molecular formula is C23H29N3O2. The van der Waals surface area contributed by atoms with Gasteiger partial charge in [-0.3, -0.25) is 9.59 Å². The van der Waals surface area contributed by atoms with Crippen molar-refractivity contribution >= 4 is 23.2 Å². The molecule has 1 fully saturated rings. The van der Waals surface area contributed by atoms with Gasteiger partial charge in [-0.15, -0.1) is 0 Å². The lowest BCUT2D eigenvalue weighted by Crippen LogP contribution is -2.45. The zero-order valence-electron chi connectivity index (χ0n) is 16.9. The van der Waals surface area contributed by atoms with Gasteiger partial charge >= 0.3 is 0 Å². The summed E-state index contributed by atoms with van der Waals surface area (Å²) >= 11 is 0. The predicted molar refractivity (Wildman–Crippen MR) is 114 cm³/mol. The summed E-state index contributed by atoms with van der Waals surface area (Å²) in [6.07, 6.45) is 2.01. The Balaban J connectivity index is 1.64. The van der Waals surface area contributed by atoms with E-state index in [9.17, 15) is 9.59 Å². The quantitative estimate of drug-likeness (QED) is 0.805. The SMILES string of the molecule is CC(=O)Nc1cccc(C(=O)N2CCC[C@@H](Nc3ccc(C(C)C)cc3)C2)c1. The molecule has 5 heteroatoms. The molecule has 0 unspecified atom stereocenters. The van der Waals surface area contributed by atoms with Gasteiger partial charge in [-0.25, -0.2) is 0 Å². The van der Waals surface area contributed by atoms with Crippen LogP contribution < -0.4 is 10.6 Å². The van der Waals surface area contributed by atoms with Crippen molar-refractivity contribution in [2.45, 2.75) is 45.6 Å². The van der Waals surface area contributed by atoms with E-state index in [1.54, 1.807) is 24.3 Å². The van der Waals surface area contributed by atoms with Gasteiger partial charge in [-0.05, 0) is 54.7 Å². The minimum absolute atomic E-state index is 0.00820. The number of rotatable bonds is 5. The molecule has 0 aromatic heterocycles. The molecule has 2 aromatic carbocycles. The van der Waals surface area contributed by atoms with Crippen molar-refractivity contribution in [3.05, 3.63) is 59.7 Å². The Morgan fingerprint density at radius 1 is 1.07 bits per heavy atom. The second kappa shape index (κ2) is 8.91. The van der Waals surface area contributed by atoms with E-state index in [-0.39, 0.29) is 17.9 Å². The molecule has 0 saturated carbocycles. The highest BCUT2D eigenvalue weighted by Gasteiger charge is 2.24. The molecule has 0 bridgehead atoms. The molecule has 1 aliphatic rings. The minimum Gasteiger partial charge on any atom is -0.381 e. The van der Waals surface area contributed by atoms with Gasteiger partial charge in [0.15, 0.2) is 0 Å². The first-order valence-electron chi connectivity index (χ1n) is 9.96. The molecule has 28 heavy (non-hydrogen) atoms. The summed E-state index contributed by atoms with van der Waals surface area (Å²) in [5, 5.41) is 6.30. The molecule has 0 spiro atoms. The molecule has 1 heterocycles. The lowest BCUT2D eigenvalue weighted by Gasteiger charge is -2.34. The number of carbonyl (C=O) groups excluding carboxylic acids is 2. The van der Waals surface area contributed by atoms with Gasteiger partial charge in [0.1, 0.15) is 0 Å². The summed E-state index contributed by atoms with van der Waals surface area (Å²) in [4.78, 5) is 26.1. The highest BCUT2D eigenvalue weighted by Crippen LogP contribution is 2.21. The molecular weight excluding hydrogens is 350 g/mol. The predicted octanol–water partition coefficient (Wildman–Crippen LogP) is 4.49. The van der Waals surface area contributed by atoms with E-state index in [4.69, 9.17) is 0 Å². The van der Waals surface area contributed by atoms with Crippen LogP contribution in [-0.2, 0) is 4.79 Å². The van der Waals surface area contributed by atoms with Crippen molar-refractivity contribution in [2.24, 2.45) is 0 Å². The number of benzene rings is 2. The smallest absolute Gasteiger partial charge is 0.253 e. The van der Waals surface area contributed by atoms with Crippen LogP contribution in [0.5, 0.6) is 0 Å². The maximum absolute atomic E-state index is 12.9. The molecule has 2 aromatic rings. The van der Waals surface area contributed by atoms with Crippen molar-refractivity contribution in [3.63, 3.8) is 0 Å². The van der Waals surface area contributed by atoms with Crippen LogP contribution in [0.4, 0.5) is 11.4 Å². The van der Waals surface area contributed by atoms with E-state index in [0.717, 1.165) is 25.1 Å². The molecule has 3 rings (SSSR count). The number of nitrogens with zero attached hydrogens (tertiary/aromatic N) is 1. The highest BCUT2D eigenvalue weighted by molar-refractivity contribution is 5.96. The summed E-state index contributed by atoms with van der Waals surface area (Å²) in [6, 6.07) is 15.9. The molecule has 0 radical (unpaired) electrons. The normalized spacial score (nSPS) is 16.7. The van der Waals surface area contributed by atoms with Crippen LogP contribution in [0.3, 0.4) is 0 Å². The van der Waals surface area contributed by atoms with Crippen LogP contribution in [-0.4, -0.2) is 35.8 Å². The molecule has 2 N–H and O–H groups in total. The Morgan fingerprint density at radius 2 is 1.82 bits per heavy atom. The van der Waals surface area contributed by atoms with E-state index in [0.29, 0.717) is 23.7 Å². The third-order valence-electron chi connectivity index (χ3n) is 5.09. The largest absolute Gasteiger partial charge is 0.381 e. The Kier molecular flexibility index (Phi) is 6.34. The zero-order chi connectivity index (χ0) is 20.1. The second-order valence-corrected chi connectivity index (χ2v) is 7.77. The topological polar surface area (TPSA) is 61.4 Å². The van der Waals surface area contributed by atoms with Crippen molar-refractivity contribution in [1.82, 2.24) is 4.90 Å². The van der Waals surface area contributed by atoms with E-state index in [1.807, 2.05) is 4.90 Å². The number of anilines is 2. The molecule has 1 aliphatic heterocycles.